The summed E-state index contributed by atoms with van der Waals surface area (Å²) in [5.74, 6) is 0. The summed E-state index contributed by atoms with van der Waals surface area (Å²) < 4.78 is -0.0939. The normalized spacial score (nSPS) is 14.9. The third-order valence-electron chi connectivity index (χ3n) is 4.70. The number of nitrogens with two attached hydrogens (primary N) is 1. The van der Waals surface area contributed by atoms with E-state index in [1.54, 1.807) is 11.3 Å². The first-order valence-electron chi connectivity index (χ1n) is 9.65. The molecule has 0 spiro atoms. The van der Waals surface area contributed by atoms with Gasteiger partial charge in [0.15, 0.2) is 0 Å². The second-order valence-corrected chi connectivity index (χ2v) is 10.9. The lowest BCUT2D eigenvalue weighted by molar-refractivity contribution is 0.249. The van der Waals surface area contributed by atoms with Crippen molar-refractivity contribution in [3.8, 4) is 0 Å². The number of hydrogen-bond acceptors (Lipinski definition) is 5. The van der Waals surface area contributed by atoms with Gasteiger partial charge in [-0.25, -0.2) is 9.78 Å². The number of carbonyl (C=O) groups excluding carboxylic acids is 1. The van der Waals surface area contributed by atoms with Crippen LogP contribution in [-0.2, 0) is 16.9 Å². The van der Waals surface area contributed by atoms with Gasteiger partial charge < -0.3 is 11.1 Å². The molecule has 1 aromatic heterocycles. The Hall–Kier alpha value is -1.96. The number of amides is 2. The Morgan fingerprint density at radius 1 is 1.07 bits per heavy atom. The number of rotatable bonds is 7. The van der Waals surface area contributed by atoms with Crippen LogP contribution in [-0.4, -0.2) is 17.6 Å². The first-order chi connectivity index (χ1) is 14.1. The molecule has 3 aromatic rings. The largest absolute Gasteiger partial charge is 0.352 e. The summed E-state index contributed by atoms with van der Waals surface area (Å²) >= 11 is 5.66. The third kappa shape index (κ3) is 4.97. The molecule has 1 aliphatic rings. The minimum atomic E-state index is -0.486. The summed E-state index contributed by atoms with van der Waals surface area (Å²) in [4.78, 5) is 19.8. The smallest absolute Gasteiger partial charge is 0.312 e. The van der Waals surface area contributed by atoms with Crippen LogP contribution in [0.4, 0.5) is 4.79 Å². The van der Waals surface area contributed by atoms with E-state index in [1.165, 1.54) is 20.4 Å². The molecule has 4 rings (SSSR count). The van der Waals surface area contributed by atoms with Crippen LogP contribution >= 0.6 is 34.9 Å². The van der Waals surface area contributed by atoms with Crippen LogP contribution < -0.4 is 11.1 Å². The van der Waals surface area contributed by atoms with Gasteiger partial charge in [0.05, 0.1) is 15.6 Å². The Morgan fingerprint density at radius 2 is 1.69 bits per heavy atom. The van der Waals surface area contributed by atoms with Gasteiger partial charge in [-0.3, -0.25) is 0 Å². The molecular formula is C22H23N3OS3. The van der Waals surface area contributed by atoms with Crippen molar-refractivity contribution in [3.05, 3.63) is 76.2 Å². The van der Waals surface area contributed by atoms with Crippen LogP contribution in [0.1, 0.15) is 28.4 Å². The monoisotopic (exact) mass is 441 g/mol. The van der Waals surface area contributed by atoms with E-state index in [4.69, 9.17) is 10.7 Å². The molecule has 1 heterocycles. The molecule has 2 aromatic carbocycles. The van der Waals surface area contributed by atoms with E-state index >= 15 is 0 Å². The standard InChI is InChI=1S/C22H23N3OS3/c23-21(26)24-15-13-19-25-18-12-7-14-22(20(18)27-19,28-16-8-3-1-4-9-16)29-17-10-5-2-6-11-17/h1-6,8-11H,7,12-15H2,(H3,23,24,26). The number of urea groups is 1. The fourth-order valence-corrected chi connectivity index (χ4v) is 8.07. The average molecular weight is 442 g/mol. The molecule has 0 bridgehead atoms. The SMILES string of the molecule is NC(=O)NCCc1nc2c(s1)C(Sc1ccccc1)(Sc1ccccc1)CCC2. The minimum Gasteiger partial charge on any atom is -0.352 e. The molecule has 0 saturated carbocycles. The van der Waals surface area contributed by atoms with E-state index in [2.05, 4.69) is 66.0 Å². The highest BCUT2D eigenvalue weighted by molar-refractivity contribution is 8.17. The zero-order valence-corrected chi connectivity index (χ0v) is 18.4. The fraction of sp³-hybridized carbons (Fsp3) is 0.273. The quantitative estimate of drug-likeness (QED) is 0.480. The van der Waals surface area contributed by atoms with Gasteiger partial charge in [-0.2, -0.15) is 0 Å². The zero-order chi connectivity index (χ0) is 20.1. The summed E-state index contributed by atoms with van der Waals surface area (Å²) in [6.07, 6.45) is 3.94. The molecule has 0 radical (unpaired) electrons. The summed E-state index contributed by atoms with van der Waals surface area (Å²) in [5.41, 5.74) is 6.41. The highest BCUT2D eigenvalue weighted by Gasteiger charge is 2.41. The summed E-state index contributed by atoms with van der Waals surface area (Å²) in [6.45, 7) is 0.520. The highest BCUT2D eigenvalue weighted by atomic mass is 32.2. The maximum Gasteiger partial charge on any atom is 0.312 e. The maximum absolute atomic E-state index is 11.0. The molecule has 4 nitrogen and oxygen atoms in total. The Labute approximate surface area is 183 Å². The number of aryl methyl sites for hydroxylation is 1. The van der Waals surface area contributed by atoms with Crippen LogP contribution in [0, 0.1) is 0 Å². The van der Waals surface area contributed by atoms with Crippen molar-refractivity contribution >= 4 is 40.9 Å². The predicted molar refractivity (Wildman–Crippen MR) is 123 cm³/mol. The number of benzene rings is 2. The van der Waals surface area contributed by atoms with Gasteiger partial charge in [0.1, 0.15) is 4.08 Å². The second-order valence-electron chi connectivity index (χ2n) is 6.86. The molecule has 0 saturated heterocycles. The predicted octanol–water partition coefficient (Wildman–Crippen LogP) is 5.43. The van der Waals surface area contributed by atoms with E-state index in [0.29, 0.717) is 13.0 Å². The van der Waals surface area contributed by atoms with Crippen molar-refractivity contribution in [3.63, 3.8) is 0 Å². The van der Waals surface area contributed by atoms with Crippen LogP contribution in [0.3, 0.4) is 0 Å². The van der Waals surface area contributed by atoms with Gasteiger partial charge in [0.2, 0.25) is 0 Å². The summed E-state index contributed by atoms with van der Waals surface area (Å²) in [6, 6.07) is 20.8. The van der Waals surface area contributed by atoms with Gasteiger partial charge in [-0.1, -0.05) is 36.4 Å². The third-order valence-corrected chi connectivity index (χ3v) is 9.27. The van der Waals surface area contributed by atoms with Gasteiger partial charge >= 0.3 is 6.03 Å². The van der Waals surface area contributed by atoms with Crippen molar-refractivity contribution in [2.24, 2.45) is 5.73 Å². The van der Waals surface area contributed by atoms with E-state index in [9.17, 15) is 4.79 Å². The number of fused-ring (bicyclic) bond motifs is 1. The first kappa shape index (κ1) is 20.3. The maximum atomic E-state index is 11.0. The second kappa shape index (κ2) is 9.24. The topological polar surface area (TPSA) is 68.0 Å². The van der Waals surface area contributed by atoms with Gasteiger partial charge in [0, 0.05) is 22.8 Å². The number of thiazole rings is 1. The van der Waals surface area contributed by atoms with Crippen LogP contribution in [0.15, 0.2) is 70.5 Å². The average Bonchev–Trinajstić information content (AvgIpc) is 3.14. The molecule has 0 unspecified atom stereocenters. The molecule has 0 atom stereocenters. The van der Waals surface area contributed by atoms with Crippen LogP contribution in [0.5, 0.6) is 0 Å². The number of aromatic nitrogens is 1. The highest BCUT2D eigenvalue weighted by Crippen LogP contribution is 2.59. The van der Waals surface area contributed by atoms with Crippen molar-refractivity contribution in [2.45, 2.75) is 39.6 Å². The van der Waals surface area contributed by atoms with E-state index in [-0.39, 0.29) is 4.08 Å². The lowest BCUT2D eigenvalue weighted by Crippen LogP contribution is -2.30. The van der Waals surface area contributed by atoms with E-state index in [0.717, 1.165) is 24.3 Å². The zero-order valence-electron chi connectivity index (χ0n) is 16.0. The number of carbonyl (C=O) groups is 1. The molecule has 3 N–H and O–H groups in total. The summed E-state index contributed by atoms with van der Waals surface area (Å²) in [5, 5.41) is 3.74. The first-order valence-corrected chi connectivity index (χ1v) is 12.1. The van der Waals surface area contributed by atoms with Crippen molar-refractivity contribution in [1.29, 1.82) is 0 Å². The Kier molecular flexibility index (Phi) is 6.47. The van der Waals surface area contributed by atoms with Crippen molar-refractivity contribution in [1.82, 2.24) is 10.3 Å². The molecule has 150 valence electrons. The lowest BCUT2D eigenvalue weighted by atomic mass is 10.0. The Bertz CT molecular complexity index is 918. The van der Waals surface area contributed by atoms with Gasteiger partial charge in [-0.05, 0) is 43.5 Å². The number of nitrogens with zero attached hydrogens (tertiary/aromatic N) is 1. The molecular weight excluding hydrogens is 418 g/mol. The molecule has 0 fully saturated rings. The van der Waals surface area contributed by atoms with Crippen molar-refractivity contribution < 1.29 is 4.79 Å². The molecule has 0 aliphatic heterocycles. The van der Waals surface area contributed by atoms with Crippen LogP contribution in [0.2, 0.25) is 0 Å². The molecule has 2 amide bonds. The molecule has 29 heavy (non-hydrogen) atoms. The number of nitrogens with one attached hydrogen (secondary N) is 1. The summed E-state index contributed by atoms with van der Waals surface area (Å²) in [7, 11) is 0. The van der Waals surface area contributed by atoms with Crippen molar-refractivity contribution in [2.75, 3.05) is 6.54 Å². The molecule has 7 heteroatoms. The minimum absolute atomic E-state index is 0.0939. The number of thioether (sulfide) groups is 2. The Morgan fingerprint density at radius 3 is 2.28 bits per heavy atom. The molecule has 1 aliphatic carbocycles. The van der Waals surface area contributed by atoms with E-state index < -0.39 is 6.03 Å². The lowest BCUT2D eigenvalue weighted by Gasteiger charge is -2.35. The van der Waals surface area contributed by atoms with Crippen LogP contribution in [0.25, 0.3) is 0 Å². The van der Waals surface area contributed by atoms with Gasteiger partial charge in [-0.15, -0.1) is 34.9 Å². The Balaban J connectivity index is 1.67. The fourth-order valence-electron chi connectivity index (χ4n) is 3.44. The van der Waals surface area contributed by atoms with E-state index in [1.807, 2.05) is 23.5 Å². The number of hydrogen-bond donors (Lipinski definition) is 2. The van der Waals surface area contributed by atoms with Gasteiger partial charge in [0.25, 0.3) is 0 Å². The number of primary amides is 1.